The van der Waals surface area contributed by atoms with Crippen molar-refractivity contribution in [3.63, 3.8) is 0 Å². The Balaban J connectivity index is 1.77. The van der Waals surface area contributed by atoms with Crippen molar-refractivity contribution in [3.05, 3.63) is 64.0 Å². The maximum absolute atomic E-state index is 12.7. The van der Waals surface area contributed by atoms with Crippen LogP contribution in [0.4, 0.5) is 5.69 Å². The summed E-state index contributed by atoms with van der Waals surface area (Å²) in [6, 6.07) is 11.1. The number of rotatable bonds is 10. The van der Waals surface area contributed by atoms with Crippen molar-refractivity contribution in [2.24, 2.45) is 0 Å². The number of nitrogens with one attached hydrogen (secondary N) is 1. The Morgan fingerprint density at radius 2 is 1.82 bits per heavy atom. The van der Waals surface area contributed by atoms with Crippen molar-refractivity contribution in [1.82, 2.24) is 0 Å². The van der Waals surface area contributed by atoms with E-state index in [9.17, 15) is 14.4 Å². The van der Waals surface area contributed by atoms with E-state index in [2.05, 4.69) is 12.2 Å². The molecule has 1 amide bonds. The molecular formula is C25H27NO7. The fraction of sp³-hybridized carbons (Fsp3) is 0.320. The summed E-state index contributed by atoms with van der Waals surface area (Å²) < 4.78 is 22.0. The molecule has 3 aromatic rings. The first-order chi connectivity index (χ1) is 15.9. The van der Waals surface area contributed by atoms with Crippen molar-refractivity contribution >= 4 is 28.5 Å². The zero-order chi connectivity index (χ0) is 23.8. The maximum atomic E-state index is 12.7. The van der Waals surface area contributed by atoms with Crippen molar-refractivity contribution in [2.45, 2.75) is 40.2 Å². The van der Waals surface area contributed by atoms with Crippen molar-refractivity contribution in [2.75, 3.05) is 18.5 Å². The minimum atomic E-state index is -0.583. The molecule has 0 unspecified atom stereocenters. The summed E-state index contributed by atoms with van der Waals surface area (Å²) in [7, 11) is 0. The molecule has 0 spiro atoms. The summed E-state index contributed by atoms with van der Waals surface area (Å²) in [6.07, 6.45) is 1.93. The summed E-state index contributed by atoms with van der Waals surface area (Å²) in [6.45, 7) is 6.18. The molecule has 33 heavy (non-hydrogen) atoms. The van der Waals surface area contributed by atoms with Gasteiger partial charge in [0.05, 0.1) is 18.8 Å². The molecule has 0 radical (unpaired) electrons. The van der Waals surface area contributed by atoms with E-state index in [1.54, 1.807) is 36.4 Å². The molecule has 3 rings (SSSR count). The number of fused-ring (bicyclic) bond motifs is 1. The Hall–Kier alpha value is -3.81. The van der Waals surface area contributed by atoms with Gasteiger partial charge in [-0.15, -0.1) is 0 Å². The van der Waals surface area contributed by atoms with Crippen molar-refractivity contribution in [1.29, 1.82) is 0 Å². The van der Waals surface area contributed by atoms with Gasteiger partial charge >= 0.3 is 11.6 Å². The van der Waals surface area contributed by atoms with E-state index in [0.717, 1.165) is 12.8 Å². The van der Waals surface area contributed by atoms with Crippen molar-refractivity contribution in [3.8, 4) is 11.5 Å². The smallest absolute Gasteiger partial charge is 0.338 e. The first kappa shape index (κ1) is 23.8. The Labute approximate surface area is 191 Å². The molecule has 1 heterocycles. The number of unbranched alkanes of at least 4 members (excludes halogenated alkanes) is 1. The van der Waals surface area contributed by atoms with Gasteiger partial charge in [0.1, 0.15) is 12.2 Å². The lowest BCUT2D eigenvalue weighted by Gasteiger charge is -2.13. The first-order valence-electron chi connectivity index (χ1n) is 10.8. The van der Waals surface area contributed by atoms with E-state index in [-0.39, 0.29) is 18.1 Å². The number of benzene rings is 2. The third kappa shape index (κ3) is 6.35. The predicted octanol–water partition coefficient (Wildman–Crippen LogP) is 4.69. The SMILES string of the molecule is CCCCOc1ccc(C(=O)OCc2cc(=O)oc3cc(NC(C)=O)ccc23)cc1OCC. The lowest BCUT2D eigenvalue weighted by atomic mass is 10.1. The van der Waals surface area contributed by atoms with Gasteiger partial charge in [0.15, 0.2) is 11.5 Å². The summed E-state index contributed by atoms with van der Waals surface area (Å²) >= 11 is 0. The molecule has 174 valence electrons. The second-order valence-corrected chi connectivity index (χ2v) is 7.36. The van der Waals surface area contributed by atoms with Gasteiger partial charge in [-0.1, -0.05) is 13.3 Å². The lowest BCUT2D eigenvalue weighted by Crippen LogP contribution is -2.09. The third-order valence-corrected chi connectivity index (χ3v) is 4.74. The highest BCUT2D eigenvalue weighted by Crippen LogP contribution is 2.29. The van der Waals surface area contributed by atoms with Crippen molar-refractivity contribution < 1.29 is 28.2 Å². The first-order valence-corrected chi connectivity index (χ1v) is 10.8. The molecule has 0 aliphatic heterocycles. The average molecular weight is 453 g/mol. The third-order valence-electron chi connectivity index (χ3n) is 4.74. The highest BCUT2D eigenvalue weighted by molar-refractivity contribution is 5.93. The standard InChI is InChI=1S/C25H27NO7/c1-4-6-11-31-21-10-7-17(12-23(21)30-5-2)25(29)32-15-18-13-24(28)33-22-14-19(26-16(3)27)8-9-20(18)22/h7-10,12-14H,4-6,11,15H2,1-3H3,(H,26,27). The quantitative estimate of drug-likeness (QED) is 0.270. The fourth-order valence-electron chi connectivity index (χ4n) is 3.21. The molecule has 0 bridgehead atoms. The number of hydrogen-bond donors (Lipinski definition) is 1. The topological polar surface area (TPSA) is 104 Å². The number of anilines is 1. The monoisotopic (exact) mass is 453 g/mol. The molecule has 2 aromatic carbocycles. The largest absolute Gasteiger partial charge is 0.490 e. The van der Waals surface area contributed by atoms with Crippen LogP contribution in [0, 0.1) is 0 Å². The molecule has 8 heteroatoms. The van der Waals surface area contributed by atoms with Gasteiger partial charge in [-0.25, -0.2) is 9.59 Å². The van der Waals surface area contributed by atoms with Crippen LogP contribution in [0.1, 0.15) is 49.5 Å². The molecule has 0 saturated heterocycles. The number of carbonyl (C=O) groups is 2. The molecule has 0 atom stereocenters. The number of ether oxygens (including phenoxy) is 3. The number of amides is 1. The van der Waals surface area contributed by atoms with Crippen LogP contribution in [0.3, 0.4) is 0 Å². The van der Waals surface area contributed by atoms with Crippen LogP contribution in [0.15, 0.2) is 51.7 Å². The summed E-state index contributed by atoms with van der Waals surface area (Å²) in [4.78, 5) is 35.9. The second kappa shape index (κ2) is 11.2. The molecule has 0 saturated carbocycles. The highest BCUT2D eigenvalue weighted by Gasteiger charge is 2.15. The van der Waals surface area contributed by atoms with Gasteiger partial charge in [0.25, 0.3) is 0 Å². The van der Waals surface area contributed by atoms with Crippen LogP contribution in [0.5, 0.6) is 11.5 Å². The van der Waals surface area contributed by atoms with Crippen LogP contribution in [-0.4, -0.2) is 25.1 Å². The Morgan fingerprint density at radius 3 is 2.55 bits per heavy atom. The van der Waals surface area contributed by atoms with Gasteiger partial charge in [-0.3, -0.25) is 4.79 Å². The highest BCUT2D eigenvalue weighted by atomic mass is 16.5. The Bertz CT molecular complexity index is 1200. The normalized spacial score (nSPS) is 10.6. The van der Waals surface area contributed by atoms with E-state index >= 15 is 0 Å². The molecule has 0 aliphatic rings. The van der Waals surface area contributed by atoms with Gasteiger partial charge in [0, 0.05) is 35.7 Å². The van der Waals surface area contributed by atoms with Crippen LogP contribution in [-0.2, 0) is 16.1 Å². The van der Waals surface area contributed by atoms with Gasteiger partial charge in [0.2, 0.25) is 5.91 Å². The van der Waals surface area contributed by atoms with Crippen LogP contribution in [0.25, 0.3) is 11.0 Å². The van der Waals surface area contributed by atoms with E-state index in [1.807, 2.05) is 6.92 Å². The van der Waals surface area contributed by atoms with Crippen LogP contribution >= 0.6 is 0 Å². The Morgan fingerprint density at radius 1 is 1.00 bits per heavy atom. The molecule has 8 nitrogen and oxygen atoms in total. The summed E-state index contributed by atoms with van der Waals surface area (Å²) in [5, 5.41) is 3.24. The molecule has 1 aromatic heterocycles. The van der Waals surface area contributed by atoms with Gasteiger partial charge < -0.3 is 23.9 Å². The van der Waals surface area contributed by atoms with Gasteiger partial charge in [-0.05, 0) is 43.7 Å². The minimum Gasteiger partial charge on any atom is -0.490 e. The summed E-state index contributed by atoms with van der Waals surface area (Å²) in [5.41, 5.74) is 1.000. The number of hydrogen-bond acceptors (Lipinski definition) is 7. The minimum absolute atomic E-state index is 0.126. The lowest BCUT2D eigenvalue weighted by molar-refractivity contribution is -0.114. The fourth-order valence-corrected chi connectivity index (χ4v) is 3.21. The Kier molecular flexibility index (Phi) is 8.07. The molecule has 0 aliphatic carbocycles. The predicted molar refractivity (Wildman–Crippen MR) is 124 cm³/mol. The van der Waals surface area contributed by atoms with Crippen LogP contribution < -0.4 is 20.4 Å². The van der Waals surface area contributed by atoms with E-state index in [0.29, 0.717) is 46.9 Å². The van der Waals surface area contributed by atoms with E-state index < -0.39 is 11.6 Å². The molecular weight excluding hydrogens is 426 g/mol. The maximum Gasteiger partial charge on any atom is 0.338 e. The zero-order valence-corrected chi connectivity index (χ0v) is 18.9. The second-order valence-electron chi connectivity index (χ2n) is 7.36. The van der Waals surface area contributed by atoms with E-state index in [1.165, 1.54) is 13.0 Å². The average Bonchev–Trinajstić information content (AvgIpc) is 2.77. The van der Waals surface area contributed by atoms with E-state index in [4.69, 9.17) is 18.6 Å². The zero-order valence-electron chi connectivity index (χ0n) is 18.9. The molecule has 0 fully saturated rings. The number of esters is 1. The molecule has 1 N–H and O–H groups in total. The van der Waals surface area contributed by atoms with Crippen LogP contribution in [0.2, 0.25) is 0 Å². The van der Waals surface area contributed by atoms with Gasteiger partial charge in [-0.2, -0.15) is 0 Å². The summed E-state index contributed by atoms with van der Waals surface area (Å²) in [5.74, 6) is 0.241. The number of carbonyl (C=O) groups excluding carboxylic acids is 2.